The second-order valence-corrected chi connectivity index (χ2v) is 4.90. The van der Waals surface area contributed by atoms with Crippen molar-refractivity contribution in [2.24, 2.45) is 0 Å². The molecule has 0 fully saturated rings. The number of terminal acetylenes is 1. The lowest BCUT2D eigenvalue weighted by molar-refractivity contribution is 0.159. The summed E-state index contributed by atoms with van der Waals surface area (Å²) in [5.41, 5.74) is 0.662. The number of hydrogen-bond donors (Lipinski definition) is 1. The van der Waals surface area contributed by atoms with Gasteiger partial charge in [-0.25, -0.2) is 0 Å². The minimum Gasteiger partial charge on any atom is -0.387 e. The molecule has 0 aliphatic rings. The van der Waals surface area contributed by atoms with Crippen molar-refractivity contribution < 1.29 is 5.11 Å². The van der Waals surface area contributed by atoms with Gasteiger partial charge < -0.3 is 5.11 Å². The third-order valence-corrected chi connectivity index (χ3v) is 3.02. The Morgan fingerprint density at radius 2 is 2.27 bits per heavy atom. The molecule has 0 bridgehead atoms. The van der Waals surface area contributed by atoms with Crippen LogP contribution in [0.5, 0.6) is 0 Å². The van der Waals surface area contributed by atoms with Gasteiger partial charge in [0, 0.05) is 21.6 Å². The van der Waals surface area contributed by atoms with Gasteiger partial charge in [-0.15, -0.1) is 12.3 Å². The van der Waals surface area contributed by atoms with Crippen molar-refractivity contribution >= 4 is 31.9 Å². The molecule has 0 aliphatic heterocycles. The van der Waals surface area contributed by atoms with Crippen LogP contribution in [0.1, 0.15) is 31.1 Å². The predicted octanol–water partition coefficient (Wildman–Crippen LogP) is 3.44. The van der Waals surface area contributed by atoms with Crippen LogP contribution in [0.2, 0.25) is 0 Å². The topological polar surface area (TPSA) is 33.1 Å². The Morgan fingerprint density at radius 1 is 1.53 bits per heavy atom. The number of rotatable bonds is 4. The normalized spacial score (nSPS) is 12.1. The molecule has 80 valence electrons. The zero-order chi connectivity index (χ0) is 11.3. The maximum atomic E-state index is 9.84. The molecule has 1 N–H and O–H groups in total. The van der Waals surface area contributed by atoms with E-state index in [9.17, 15) is 5.11 Å². The standard InChI is InChI=1S/C11H11Br2NO/c1-2-3-4-5-10(15)11-9(13)6-8(12)7-14-11/h1,6-7,10,15H,3-5H2. The van der Waals surface area contributed by atoms with E-state index >= 15 is 0 Å². The maximum absolute atomic E-state index is 9.84. The highest BCUT2D eigenvalue weighted by Crippen LogP contribution is 2.27. The van der Waals surface area contributed by atoms with E-state index in [-0.39, 0.29) is 0 Å². The molecule has 1 aromatic rings. The van der Waals surface area contributed by atoms with E-state index < -0.39 is 6.10 Å². The lowest BCUT2D eigenvalue weighted by atomic mass is 10.1. The van der Waals surface area contributed by atoms with Crippen molar-refractivity contribution in [2.75, 3.05) is 0 Å². The van der Waals surface area contributed by atoms with Crippen molar-refractivity contribution in [3.8, 4) is 12.3 Å². The number of nitrogens with zero attached hydrogens (tertiary/aromatic N) is 1. The third-order valence-electron chi connectivity index (χ3n) is 1.95. The Kier molecular flexibility index (Phi) is 5.30. The number of halogens is 2. The summed E-state index contributed by atoms with van der Waals surface area (Å²) >= 11 is 6.67. The van der Waals surface area contributed by atoms with E-state index in [4.69, 9.17) is 6.42 Å². The Morgan fingerprint density at radius 3 is 2.87 bits per heavy atom. The average molecular weight is 333 g/mol. The van der Waals surface area contributed by atoms with Crippen LogP contribution in [0.3, 0.4) is 0 Å². The summed E-state index contributed by atoms with van der Waals surface area (Å²) in [6, 6.07) is 1.87. The van der Waals surface area contributed by atoms with Crippen molar-refractivity contribution in [3.63, 3.8) is 0 Å². The summed E-state index contributed by atoms with van der Waals surface area (Å²) in [6.45, 7) is 0. The summed E-state index contributed by atoms with van der Waals surface area (Å²) in [6.07, 6.45) is 8.39. The van der Waals surface area contributed by atoms with Gasteiger partial charge in [0.25, 0.3) is 0 Å². The van der Waals surface area contributed by atoms with Crippen LogP contribution in [0.4, 0.5) is 0 Å². The van der Waals surface area contributed by atoms with Gasteiger partial charge in [0.2, 0.25) is 0 Å². The van der Waals surface area contributed by atoms with Gasteiger partial charge in [0.1, 0.15) is 0 Å². The van der Waals surface area contributed by atoms with E-state index in [1.165, 1.54) is 0 Å². The summed E-state index contributed by atoms with van der Waals surface area (Å²) in [5, 5.41) is 9.84. The van der Waals surface area contributed by atoms with Gasteiger partial charge in [0.15, 0.2) is 0 Å². The molecule has 1 rings (SSSR count). The molecule has 1 unspecified atom stereocenters. The molecule has 4 heteroatoms. The highest BCUT2D eigenvalue weighted by molar-refractivity contribution is 9.11. The van der Waals surface area contributed by atoms with Gasteiger partial charge >= 0.3 is 0 Å². The molecule has 15 heavy (non-hydrogen) atoms. The Labute approximate surface area is 106 Å². The van der Waals surface area contributed by atoms with Gasteiger partial charge in [0.05, 0.1) is 11.8 Å². The largest absolute Gasteiger partial charge is 0.387 e. The molecular formula is C11H11Br2NO. The Bertz CT molecular complexity index is 373. The molecule has 0 amide bonds. The first-order valence-electron chi connectivity index (χ1n) is 4.57. The van der Waals surface area contributed by atoms with Crippen LogP contribution in [-0.4, -0.2) is 10.1 Å². The minimum absolute atomic E-state index is 0.555. The van der Waals surface area contributed by atoms with Crippen LogP contribution < -0.4 is 0 Å². The predicted molar refractivity (Wildman–Crippen MR) is 67.3 cm³/mol. The van der Waals surface area contributed by atoms with Gasteiger partial charge in [-0.1, -0.05) is 0 Å². The third kappa shape index (κ3) is 3.94. The monoisotopic (exact) mass is 331 g/mol. The summed E-state index contributed by atoms with van der Waals surface area (Å²) in [4.78, 5) is 4.16. The zero-order valence-electron chi connectivity index (χ0n) is 8.08. The average Bonchev–Trinajstić information content (AvgIpc) is 2.17. The first-order chi connectivity index (χ1) is 7.15. The first kappa shape index (κ1) is 12.7. The van der Waals surface area contributed by atoms with Crippen LogP contribution in [-0.2, 0) is 0 Å². The molecule has 1 atom stereocenters. The van der Waals surface area contributed by atoms with Crippen LogP contribution in [0.25, 0.3) is 0 Å². The number of aliphatic hydroxyl groups is 1. The van der Waals surface area contributed by atoms with Crippen molar-refractivity contribution in [1.82, 2.24) is 4.98 Å². The fourth-order valence-electron chi connectivity index (χ4n) is 1.20. The number of pyridine rings is 1. The highest BCUT2D eigenvalue weighted by atomic mass is 79.9. The highest BCUT2D eigenvalue weighted by Gasteiger charge is 2.12. The number of aromatic nitrogens is 1. The number of aliphatic hydroxyl groups excluding tert-OH is 1. The van der Waals surface area contributed by atoms with Crippen molar-refractivity contribution in [1.29, 1.82) is 0 Å². The van der Waals surface area contributed by atoms with E-state index in [0.717, 1.165) is 15.4 Å². The molecule has 2 nitrogen and oxygen atoms in total. The van der Waals surface area contributed by atoms with Gasteiger partial charge in [-0.05, 0) is 50.8 Å². The number of unbranched alkanes of at least 4 members (excludes halogenated alkanes) is 1. The van der Waals surface area contributed by atoms with Gasteiger partial charge in [-0.3, -0.25) is 4.98 Å². The van der Waals surface area contributed by atoms with Crippen molar-refractivity contribution in [2.45, 2.75) is 25.4 Å². The van der Waals surface area contributed by atoms with Crippen LogP contribution in [0, 0.1) is 12.3 Å². The molecule has 0 saturated heterocycles. The van der Waals surface area contributed by atoms with E-state index in [1.807, 2.05) is 6.07 Å². The Balaban J connectivity index is 2.66. The zero-order valence-corrected chi connectivity index (χ0v) is 11.3. The molecular weight excluding hydrogens is 322 g/mol. The SMILES string of the molecule is C#CCCCC(O)c1ncc(Br)cc1Br. The van der Waals surface area contributed by atoms with E-state index in [1.54, 1.807) is 6.20 Å². The van der Waals surface area contributed by atoms with E-state index in [2.05, 4.69) is 42.8 Å². The van der Waals surface area contributed by atoms with Crippen LogP contribution >= 0.6 is 31.9 Å². The van der Waals surface area contributed by atoms with E-state index in [0.29, 0.717) is 18.5 Å². The molecule has 0 spiro atoms. The van der Waals surface area contributed by atoms with Crippen molar-refractivity contribution in [3.05, 3.63) is 26.9 Å². The fourth-order valence-corrected chi connectivity index (χ4v) is 2.46. The Hall–Kier alpha value is -0.370. The van der Waals surface area contributed by atoms with Crippen LogP contribution in [0.15, 0.2) is 21.2 Å². The second kappa shape index (κ2) is 6.26. The minimum atomic E-state index is -0.555. The summed E-state index contributed by atoms with van der Waals surface area (Å²) in [7, 11) is 0. The fraction of sp³-hybridized carbons (Fsp3) is 0.364. The summed E-state index contributed by atoms with van der Waals surface area (Å²) < 4.78 is 1.69. The smallest absolute Gasteiger partial charge is 0.0971 e. The molecule has 1 aromatic heterocycles. The summed E-state index contributed by atoms with van der Waals surface area (Å²) in [5.74, 6) is 2.55. The molecule has 0 saturated carbocycles. The molecule has 0 aliphatic carbocycles. The lowest BCUT2D eigenvalue weighted by Crippen LogP contribution is -2.01. The number of hydrogen-bond acceptors (Lipinski definition) is 2. The molecule has 1 heterocycles. The molecule has 0 aromatic carbocycles. The lowest BCUT2D eigenvalue weighted by Gasteiger charge is -2.10. The van der Waals surface area contributed by atoms with Gasteiger partial charge in [-0.2, -0.15) is 0 Å². The molecule has 0 radical (unpaired) electrons. The maximum Gasteiger partial charge on any atom is 0.0971 e. The second-order valence-electron chi connectivity index (χ2n) is 3.13. The quantitative estimate of drug-likeness (QED) is 0.676. The first-order valence-corrected chi connectivity index (χ1v) is 6.16.